The van der Waals surface area contributed by atoms with Gasteiger partial charge in [0.25, 0.3) is 10.0 Å². The van der Waals surface area contributed by atoms with Crippen LogP contribution in [0.3, 0.4) is 0 Å². The number of hydrogen-bond donors (Lipinski definition) is 1. The predicted molar refractivity (Wildman–Crippen MR) is 124 cm³/mol. The highest BCUT2D eigenvalue weighted by Gasteiger charge is 2.24. The molecule has 3 aromatic rings. The van der Waals surface area contributed by atoms with E-state index in [1.165, 1.54) is 68.6 Å². The zero-order chi connectivity index (χ0) is 23.7. The maximum Gasteiger partial charge on any atom is 0.264 e. The van der Waals surface area contributed by atoms with E-state index in [9.17, 15) is 21.6 Å². The zero-order valence-electron chi connectivity index (χ0n) is 18.2. The fraction of sp³-hybridized carbons (Fsp3) is 0.174. The van der Waals surface area contributed by atoms with Gasteiger partial charge >= 0.3 is 0 Å². The summed E-state index contributed by atoms with van der Waals surface area (Å²) >= 11 is 0. The first kappa shape index (κ1) is 23.5. The Morgan fingerprint density at radius 1 is 0.812 bits per heavy atom. The van der Waals surface area contributed by atoms with E-state index < -0.39 is 19.9 Å². The Labute approximate surface area is 188 Å². The van der Waals surface area contributed by atoms with Gasteiger partial charge < -0.3 is 5.32 Å². The molecule has 1 N–H and O–H groups in total. The number of amides is 1. The molecule has 32 heavy (non-hydrogen) atoms. The summed E-state index contributed by atoms with van der Waals surface area (Å²) in [5.41, 5.74) is 2.20. The standard InChI is InChI=1S/C23H24N2O5S2/c1-16-5-10-22(11-6-16)32(29,30)25(4)20-9-14-23(17(2)15-20)31(27,28)21-12-7-19(8-13-21)24-18(3)26/h5-15H,1-4H3,(H,24,26). The van der Waals surface area contributed by atoms with Crippen molar-refractivity contribution in [3.05, 3.63) is 77.9 Å². The van der Waals surface area contributed by atoms with Crippen molar-refractivity contribution in [2.24, 2.45) is 0 Å². The van der Waals surface area contributed by atoms with Crippen LogP contribution in [-0.2, 0) is 24.7 Å². The lowest BCUT2D eigenvalue weighted by atomic mass is 10.2. The molecule has 0 saturated carbocycles. The maximum absolute atomic E-state index is 13.1. The minimum absolute atomic E-state index is 0.0723. The van der Waals surface area contributed by atoms with Crippen LogP contribution >= 0.6 is 0 Å². The minimum atomic E-state index is -3.83. The number of anilines is 2. The van der Waals surface area contributed by atoms with Crippen LogP contribution in [-0.4, -0.2) is 29.8 Å². The fourth-order valence-electron chi connectivity index (χ4n) is 3.19. The van der Waals surface area contributed by atoms with E-state index >= 15 is 0 Å². The highest BCUT2D eigenvalue weighted by atomic mass is 32.2. The van der Waals surface area contributed by atoms with E-state index in [4.69, 9.17) is 0 Å². The molecule has 3 rings (SSSR count). The monoisotopic (exact) mass is 472 g/mol. The summed E-state index contributed by atoms with van der Waals surface area (Å²) in [6.07, 6.45) is 0. The van der Waals surface area contributed by atoms with Crippen LogP contribution in [0.25, 0.3) is 0 Å². The molecule has 3 aromatic carbocycles. The van der Waals surface area contributed by atoms with Crippen molar-refractivity contribution in [3.63, 3.8) is 0 Å². The summed E-state index contributed by atoms with van der Waals surface area (Å²) in [5, 5.41) is 2.59. The molecule has 0 aliphatic heterocycles. The quantitative estimate of drug-likeness (QED) is 0.586. The average molecular weight is 473 g/mol. The lowest BCUT2D eigenvalue weighted by Crippen LogP contribution is -2.26. The molecule has 0 aromatic heterocycles. The molecule has 0 heterocycles. The topological polar surface area (TPSA) is 101 Å². The Balaban J connectivity index is 1.93. The van der Waals surface area contributed by atoms with Gasteiger partial charge in [0, 0.05) is 19.7 Å². The second kappa shape index (κ2) is 8.76. The molecule has 0 bridgehead atoms. The van der Waals surface area contributed by atoms with Crippen molar-refractivity contribution in [1.82, 2.24) is 0 Å². The number of benzene rings is 3. The first-order valence-electron chi connectivity index (χ1n) is 9.72. The third-order valence-corrected chi connectivity index (χ3v) is 8.71. The number of carbonyl (C=O) groups excluding carboxylic acids is 1. The summed E-state index contributed by atoms with van der Waals surface area (Å²) in [6, 6.07) is 16.8. The number of hydrogen-bond acceptors (Lipinski definition) is 5. The van der Waals surface area contributed by atoms with Gasteiger partial charge in [-0.15, -0.1) is 0 Å². The molecule has 0 fully saturated rings. The summed E-state index contributed by atoms with van der Waals surface area (Å²) in [5.74, 6) is -0.253. The van der Waals surface area contributed by atoms with Crippen LogP contribution in [0.15, 0.2) is 81.4 Å². The number of nitrogens with zero attached hydrogens (tertiary/aromatic N) is 1. The van der Waals surface area contributed by atoms with Gasteiger partial charge in [-0.2, -0.15) is 0 Å². The molecule has 0 radical (unpaired) electrons. The molecule has 0 aliphatic rings. The van der Waals surface area contributed by atoms with Crippen molar-refractivity contribution in [2.45, 2.75) is 35.5 Å². The number of rotatable bonds is 6. The van der Waals surface area contributed by atoms with Gasteiger partial charge in [0.15, 0.2) is 0 Å². The Kier molecular flexibility index (Phi) is 6.43. The highest BCUT2D eigenvalue weighted by Crippen LogP contribution is 2.30. The normalized spacial score (nSPS) is 11.8. The smallest absolute Gasteiger partial charge is 0.264 e. The summed E-state index contributed by atoms with van der Waals surface area (Å²) in [6.45, 7) is 4.86. The predicted octanol–water partition coefficient (Wildman–Crippen LogP) is 3.92. The second-order valence-corrected chi connectivity index (χ2v) is 11.3. The number of sulfonamides is 1. The van der Waals surface area contributed by atoms with E-state index in [2.05, 4.69) is 5.32 Å². The SMILES string of the molecule is CC(=O)Nc1ccc(S(=O)(=O)c2ccc(N(C)S(=O)(=O)c3ccc(C)cc3)cc2C)cc1. The first-order valence-corrected chi connectivity index (χ1v) is 12.6. The molecule has 168 valence electrons. The van der Waals surface area contributed by atoms with Crippen molar-refractivity contribution >= 4 is 37.1 Å². The Hall–Kier alpha value is -3.17. The molecule has 9 heteroatoms. The molecular weight excluding hydrogens is 448 g/mol. The van der Waals surface area contributed by atoms with E-state index in [1.807, 2.05) is 6.92 Å². The second-order valence-electron chi connectivity index (χ2n) is 7.44. The van der Waals surface area contributed by atoms with Gasteiger partial charge in [0.2, 0.25) is 15.7 Å². The maximum atomic E-state index is 13.1. The third kappa shape index (κ3) is 4.68. The summed E-state index contributed by atoms with van der Waals surface area (Å²) < 4.78 is 53.2. The molecule has 0 unspecified atom stereocenters. The Morgan fingerprint density at radius 2 is 1.38 bits per heavy atom. The van der Waals surface area contributed by atoms with Gasteiger partial charge in [-0.05, 0) is 74.0 Å². The highest BCUT2D eigenvalue weighted by molar-refractivity contribution is 7.92. The molecule has 1 amide bonds. The Morgan fingerprint density at radius 3 is 1.91 bits per heavy atom. The number of carbonyl (C=O) groups is 1. The van der Waals surface area contributed by atoms with E-state index in [1.54, 1.807) is 19.1 Å². The number of nitrogens with one attached hydrogen (secondary N) is 1. The third-order valence-electron chi connectivity index (χ3n) is 4.98. The molecule has 0 saturated heterocycles. The lowest BCUT2D eigenvalue weighted by molar-refractivity contribution is -0.114. The van der Waals surface area contributed by atoms with Crippen LogP contribution < -0.4 is 9.62 Å². The molecule has 0 aliphatic carbocycles. The first-order chi connectivity index (χ1) is 14.9. The Bertz CT molecular complexity index is 1360. The van der Waals surface area contributed by atoms with Crippen LogP contribution in [0.1, 0.15) is 18.1 Å². The number of aryl methyl sites for hydroxylation is 2. The van der Waals surface area contributed by atoms with Crippen LogP contribution in [0.5, 0.6) is 0 Å². The summed E-state index contributed by atoms with van der Waals surface area (Å²) in [7, 11) is -6.19. The van der Waals surface area contributed by atoms with Crippen molar-refractivity contribution in [2.75, 3.05) is 16.7 Å². The van der Waals surface area contributed by atoms with Crippen molar-refractivity contribution < 1.29 is 21.6 Å². The van der Waals surface area contributed by atoms with Gasteiger partial charge in [-0.25, -0.2) is 16.8 Å². The number of sulfone groups is 1. The fourth-order valence-corrected chi connectivity index (χ4v) is 5.85. The van der Waals surface area contributed by atoms with Gasteiger partial charge in [-0.3, -0.25) is 9.10 Å². The van der Waals surface area contributed by atoms with Crippen molar-refractivity contribution in [1.29, 1.82) is 0 Å². The molecule has 0 atom stereocenters. The van der Waals surface area contributed by atoms with Crippen molar-refractivity contribution in [3.8, 4) is 0 Å². The lowest BCUT2D eigenvalue weighted by Gasteiger charge is -2.21. The van der Waals surface area contributed by atoms with E-state index in [-0.39, 0.29) is 20.6 Å². The van der Waals surface area contributed by atoms with Crippen LogP contribution in [0.4, 0.5) is 11.4 Å². The largest absolute Gasteiger partial charge is 0.326 e. The molecular formula is C23H24N2O5S2. The van der Waals surface area contributed by atoms with Gasteiger partial charge in [-0.1, -0.05) is 17.7 Å². The molecule has 7 nitrogen and oxygen atoms in total. The van der Waals surface area contributed by atoms with E-state index in [0.29, 0.717) is 16.9 Å². The summed E-state index contributed by atoms with van der Waals surface area (Å²) in [4.78, 5) is 11.5. The van der Waals surface area contributed by atoms with Crippen LogP contribution in [0, 0.1) is 13.8 Å². The van der Waals surface area contributed by atoms with E-state index in [0.717, 1.165) is 9.87 Å². The minimum Gasteiger partial charge on any atom is -0.326 e. The van der Waals surface area contributed by atoms with Gasteiger partial charge in [0.05, 0.1) is 20.4 Å². The van der Waals surface area contributed by atoms with Gasteiger partial charge in [0.1, 0.15) is 0 Å². The molecule has 0 spiro atoms. The average Bonchev–Trinajstić information content (AvgIpc) is 2.73. The van der Waals surface area contributed by atoms with Crippen LogP contribution in [0.2, 0.25) is 0 Å². The zero-order valence-corrected chi connectivity index (χ0v) is 19.8.